The maximum absolute atomic E-state index is 12.5. The molecule has 1 aliphatic rings. The zero-order valence-electron chi connectivity index (χ0n) is 14.9. The fraction of sp³-hybridized carbons (Fsp3) is 0.412. The van der Waals surface area contributed by atoms with E-state index < -0.39 is 6.04 Å². The number of nitrogens with zero attached hydrogens (tertiary/aromatic N) is 2. The number of amides is 3. The van der Waals surface area contributed by atoms with Gasteiger partial charge in [0.1, 0.15) is 11.8 Å². The van der Waals surface area contributed by atoms with Gasteiger partial charge < -0.3 is 10.1 Å². The van der Waals surface area contributed by atoms with Gasteiger partial charge in [0, 0.05) is 25.2 Å². The summed E-state index contributed by atoms with van der Waals surface area (Å²) in [4.78, 5) is 37.7. The van der Waals surface area contributed by atoms with Crippen LogP contribution in [0.4, 0.5) is 5.69 Å². The van der Waals surface area contributed by atoms with E-state index in [1.54, 1.807) is 31.2 Å². The Hall–Kier alpha value is -2.68. The molecule has 1 saturated heterocycles. The highest BCUT2D eigenvalue weighted by molar-refractivity contribution is 7.80. The third kappa shape index (κ3) is 4.48. The van der Waals surface area contributed by atoms with Crippen molar-refractivity contribution in [2.45, 2.75) is 33.2 Å². The minimum absolute atomic E-state index is 0.144. The van der Waals surface area contributed by atoms with Crippen LogP contribution in [0.3, 0.4) is 0 Å². The Balaban J connectivity index is 2.10. The summed E-state index contributed by atoms with van der Waals surface area (Å²) in [7, 11) is 0. The van der Waals surface area contributed by atoms with Crippen molar-refractivity contribution in [2.24, 2.45) is 0 Å². The number of nitrogens with one attached hydrogen (secondary N) is 2. The third-order valence-corrected chi connectivity index (χ3v) is 4.12. The maximum atomic E-state index is 12.5. The normalized spacial score (nSPS) is 16.7. The van der Waals surface area contributed by atoms with Crippen LogP contribution in [0.2, 0.25) is 0 Å². The van der Waals surface area contributed by atoms with Crippen LogP contribution in [0.5, 0.6) is 5.75 Å². The smallest absolute Gasteiger partial charge is 0.254 e. The molecule has 1 fully saturated rings. The Morgan fingerprint density at radius 3 is 2.65 bits per heavy atom. The molecule has 9 heteroatoms. The lowest BCUT2D eigenvalue weighted by molar-refractivity contribution is -0.132. The molecule has 3 amide bonds. The number of hydrogen-bond acceptors (Lipinski definition) is 5. The molecule has 0 spiro atoms. The molecule has 1 aliphatic heterocycles. The highest BCUT2D eigenvalue weighted by atomic mass is 32.1. The van der Waals surface area contributed by atoms with Crippen molar-refractivity contribution < 1.29 is 19.1 Å². The lowest BCUT2D eigenvalue weighted by Crippen LogP contribution is -2.49. The molecule has 8 nitrogen and oxygen atoms in total. The zero-order chi connectivity index (χ0) is 19.3. The predicted octanol–water partition coefficient (Wildman–Crippen LogP) is 1.28. The number of thiocarbonyl (C=S) groups is 1. The topological polar surface area (TPSA) is 91.0 Å². The van der Waals surface area contributed by atoms with Crippen LogP contribution in [0.15, 0.2) is 24.3 Å². The zero-order valence-corrected chi connectivity index (χ0v) is 15.8. The number of likely N-dealkylation sites (N-methyl/N-ethyl adjacent to an activating group) is 1. The van der Waals surface area contributed by atoms with Crippen LogP contribution >= 0.6 is 12.2 Å². The van der Waals surface area contributed by atoms with E-state index in [0.717, 1.165) is 0 Å². The van der Waals surface area contributed by atoms with Crippen molar-refractivity contribution in [3.05, 3.63) is 24.3 Å². The fourth-order valence-electron chi connectivity index (χ4n) is 2.63. The first kappa shape index (κ1) is 19.6. The molecule has 0 bridgehead atoms. The van der Waals surface area contributed by atoms with Gasteiger partial charge in [0.2, 0.25) is 11.8 Å². The molecular formula is C17H22N4O4S. The molecule has 0 aromatic heterocycles. The number of hydrazine groups is 1. The van der Waals surface area contributed by atoms with Gasteiger partial charge >= 0.3 is 0 Å². The minimum atomic E-state index is -0.874. The Morgan fingerprint density at radius 2 is 2.04 bits per heavy atom. The van der Waals surface area contributed by atoms with Crippen molar-refractivity contribution in [3.63, 3.8) is 0 Å². The summed E-state index contributed by atoms with van der Waals surface area (Å²) in [6, 6.07) is 6.10. The lowest BCUT2D eigenvalue weighted by Gasteiger charge is -2.23. The van der Waals surface area contributed by atoms with Crippen LogP contribution in [0.25, 0.3) is 0 Å². The van der Waals surface area contributed by atoms with E-state index in [0.29, 0.717) is 24.6 Å². The van der Waals surface area contributed by atoms with Crippen molar-refractivity contribution in [1.82, 2.24) is 15.3 Å². The van der Waals surface area contributed by atoms with Gasteiger partial charge in [0.05, 0.1) is 13.0 Å². The number of ether oxygens (including phenoxy) is 1. The molecule has 26 heavy (non-hydrogen) atoms. The Morgan fingerprint density at radius 1 is 1.31 bits per heavy atom. The molecule has 1 aromatic rings. The molecule has 1 heterocycles. The van der Waals surface area contributed by atoms with Crippen molar-refractivity contribution >= 4 is 40.7 Å². The van der Waals surface area contributed by atoms with Crippen LogP contribution in [-0.4, -0.2) is 51.9 Å². The summed E-state index contributed by atoms with van der Waals surface area (Å²) in [5, 5.41) is 4.20. The van der Waals surface area contributed by atoms with Crippen LogP contribution < -0.4 is 15.5 Å². The van der Waals surface area contributed by atoms with Gasteiger partial charge in [-0.3, -0.25) is 24.7 Å². The van der Waals surface area contributed by atoms with E-state index in [9.17, 15) is 14.4 Å². The van der Waals surface area contributed by atoms with Crippen LogP contribution in [-0.2, 0) is 14.4 Å². The number of hydrogen-bond donors (Lipinski definition) is 2. The maximum Gasteiger partial charge on any atom is 0.254 e. The molecule has 1 unspecified atom stereocenters. The number of rotatable bonds is 7. The first-order chi connectivity index (χ1) is 12.4. The Bertz CT molecular complexity index is 724. The second-order valence-corrected chi connectivity index (χ2v) is 6.00. The van der Waals surface area contributed by atoms with E-state index in [1.165, 1.54) is 16.8 Å². The van der Waals surface area contributed by atoms with Gasteiger partial charge in [-0.1, -0.05) is 6.07 Å². The number of carbonyl (C=O) groups is 3. The Labute approximate surface area is 157 Å². The summed E-state index contributed by atoms with van der Waals surface area (Å²) in [6.07, 6.45) is -0.144. The molecule has 0 saturated carbocycles. The van der Waals surface area contributed by atoms with Crippen molar-refractivity contribution in [1.29, 1.82) is 0 Å². The standard InChI is InChI=1S/C17H22N4O4S/c1-4-20-16(24)14(21(17(20)26)19-11(3)22)10-15(23)18-12-7-6-8-13(9-12)25-5-2/h6-9,14H,4-5,10H2,1-3H3,(H,18,23)(H,19,22). The second-order valence-electron chi connectivity index (χ2n) is 5.63. The first-order valence-electron chi connectivity index (χ1n) is 8.31. The fourth-order valence-corrected chi connectivity index (χ4v) is 3.02. The van der Waals surface area contributed by atoms with Gasteiger partial charge in [-0.15, -0.1) is 0 Å². The molecule has 2 N–H and O–H groups in total. The predicted molar refractivity (Wildman–Crippen MR) is 100 cm³/mol. The van der Waals surface area contributed by atoms with Crippen LogP contribution in [0, 0.1) is 0 Å². The highest BCUT2D eigenvalue weighted by Crippen LogP contribution is 2.21. The quantitative estimate of drug-likeness (QED) is 0.695. The van der Waals surface area contributed by atoms with Gasteiger partial charge in [-0.2, -0.15) is 0 Å². The van der Waals surface area contributed by atoms with Crippen molar-refractivity contribution in [2.75, 3.05) is 18.5 Å². The van der Waals surface area contributed by atoms with Gasteiger partial charge in [-0.25, -0.2) is 5.01 Å². The summed E-state index contributed by atoms with van der Waals surface area (Å²) in [5.41, 5.74) is 3.08. The number of benzene rings is 1. The monoisotopic (exact) mass is 378 g/mol. The Kier molecular flexibility index (Phi) is 6.51. The third-order valence-electron chi connectivity index (χ3n) is 3.70. The summed E-state index contributed by atoms with van der Waals surface area (Å²) < 4.78 is 5.40. The molecular weight excluding hydrogens is 356 g/mol. The number of anilines is 1. The van der Waals surface area contributed by atoms with E-state index in [-0.39, 0.29) is 29.3 Å². The van der Waals surface area contributed by atoms with Gasteiger partial charge in [0.15, 0.2) is 5.11 Å². The molecule has 140 valence electrons. The van der Waals surface area contributed by atoms with Gasteiger partial charge in [-0.05, 0) is 38.2 Å². The number of carbonyl (C=O) groups excluding carboxylic acids is 3. The highest BCUT2D eigenvalue weighted by Gasteiger charge is 2.43. The second kappa shape index (κ2) is 8.61. The molecule has 0 aliphatic carbocycles. The molecule has 2 rings (SSSR count). The van der Waals surface area contributed by atoms with E-state index in [2.05, 4.69) is 10.7 Å². The van der Waals surface area contributed by atoms with Gasteiger partial charge in [0.25, 0.3) is 5.91 Å². The average molecular weight is 378 g/mol. The molecule has 0 radical (unpaired) electrons. The first-order valence-corrected chi connectivity index (χ1v) is 8.72. The summed E-state index contributed by atoms with van der Waals surface area (Å²) in [5.74, 6) is -0.411. The van der Waals surface area contributed by atoms with Crippen LogP contribution in [0.1, 0.15) is 27.2 Å². The van der Waals surface area contributed by atoms with E-state index >= 15 is 0 Å². The summed E-state index contributed by atoms with van der Waals surface area (Å²) >= 11 is 5.23. The molecule has 1 atom stereocenters. The SMILES string of the molecule is CCOc1cccc(NC(=O)CC2C(=O)N(CC)C(=S)N2NC(C)=O)c1. The summed E-state index contributed by atoms with van der Waals surface area (Å²) in [6.45, 7) is 5.85. The average Bonchev–Trinajstić information content (AvgIpc) is 2.78. The molecule has 1 aromatic carbocycles. The van der Waals surface area contributed by atoms with E-state index in [1.807, 2.05) is 6.92 Å². The van der Waals surface area contributed by atoms with E-state index in [4.69, 9.17) is 17.0 Å². The van der Waals surface area contributed by atoms with Crippen molar-refractivity contribution in [3.8, 4) is 5.75 Å². The lowest BCUT2D eigenvalue weighted by atomic mass is 10.2. The minimum Gasteiger partial charge on any atom is -0.494 e. The largest absolute Gasteiger partial charge is 0.494 e.